The maximum absolute atomic E-state index is 12.4. The van der Waals surface area contributed by atoms with Gasteiger partial charge in [0, 0.05) is 16.8 Å². The quantitative estimate of drug-likeness (QED) is 0.813. The Hall–Kier alpha value is -2.51. The van der Waals surface area contributed by atoms with E-state index in [1.807, 2.05) is 0 Å². The lowest BCUT2D eigenvalue weighted by Crippen LogP contribution is -2.20. The van der Waals surface area contributed by atoms with E-state index in [1.54, 1.807) is 37.3 Å². The highest BCUT2D eigenvalue weighted by Crippen LogP contribution is 2.18. The summed E-state index contributed by atoms with van der Waals surface area (Å²) >= 11 is 0. The van der Waals surface area contributed by atoms with E-state index < -0.39 is 15.9 Å². The number of hydrogen-bond acceptors (Lipinski definition) is 4. The first-order valence-electron chi connectivity index (χ1n) is 7.21. The minimum absolute atomic E-state index is 0.0210. The van der Waals surface area contributed by atoms with E-state index >= 15 is 0 Å². The molecule has 0 spiro atoms. The van der Waals surface area contributed by atoms with Gasteiger partial charge < -0.3 is 5.32 Å². The zero-order valence-electron chi connectivity index (χ0n) is 13.6. The van der Waals surface area contributed by atoms with Crippen LogP contribution in [0.5, 0.6) is 0 Å². The summed E-state index contributed by atoms with van der Waals surface area (Å²) in [5.74, 6) is -0.482. The van der Waals surface area contributed by atoms with Crippen molar-refractivity contribution in [3.05, 3.63) is 59.2 Å². The molecule has 2 aromatic rings. The fourth-order valence-electron chi connectivity index (χ4n) is 2.12. The van der Waals surface area contributed by atoms with Crippen LogP contribution in [0.3, 0.4) is 0 Å². The van der Waals surface area contributed by atoms with Crippen molar-refractivity contribution < 1.29 is 18.0 Å². The number of ketones is 1. The Morgan fingerprint density at radius 2 is 1.62 bits per heavy atom. The van der Waals surface area contributed by atoms with E-state index in [9.17, 15) is 18.0 Å². The first-order valence-corrected chi connectivity index (χ1v) is 8.69. The van der Waals surface area contributed by atoms with Gasteiger partial charge in [-0.1, -0.05) is 6.07 Å². The Kier molecular flexibility index (Phi) is 5.16. The van der Waals surface area contributed by atoms with Crippen molar-refractivity contribution in [2.45, 2.75) is 18.7 Å². The molecule has 0 saturated heterocycles. The second-order valence-corrected chi connectivity index (χ2v) is 7.16. The van der Waals surface area contributed by atoms with Crippen molar-refractivity contribution in [1.29, 1.82) is 0 Å². The van der Waals surface area contributed by atoms with Gasteiger partial charge >= 0.3 is 0 Å². The van der Waals surface area contributed by atoms with Crippen molar-refractivity contribution in [3.63, 3.8) is 0 Å². The maximum atomic E-state index is 12.4. The smallest absolute Gasteiger partial charge is 0.255 e. The summed E-state index contributed by atoms with van der Waals surface area (Å²) in [6.45, 7) is 3.19. The molecule has 126 valence electrons. The average Bonchev–Trinajstić information content (AvgIpc) is 2.55. The Labute approximate surface area is 140 Å². The fraction of sp³-hybridized carbons (Fsp3) is 0.176. The van der Waals surface area contributed by atoms with Gasteiger partial charge in [-0.3, -0.25) is 9.59 Å². The summed E-state index contributed by atoms with van der Waals surface area (Å²) in [6.07, 6.45) is 0. The summed E-state index contributed by atoms with van der Waals surface area (Å²) in [4.78, 5) is 23.7. The molecule has 1 amide bonds. The molecule has 0 atom stereocenters. The van der Waals surface area contributed by atoms with Crippen LogP contribution in [0.4, 0.5) is 5.69 Å². The molecule has 0 saturated carbocycles. The number of rotatable bonds is 5. The molecule has 0 aliphatic rings. The highest BCUT2D eigenvalue weighted by Gasteiger charge is 2.16. The van der Waals surface area contributed by atoms with Gasteiger partial charge in [0.2, 0.25) is 10.0 Å². The number of carbonyl (C=O) groups is 2. The average molecular weight is 346 g/mol. The molecule has 2 N–H and O–H groups in total. The monoisotopic (exact) mass is 346 g/mol. The summed E-state index contributed by atoms with van der Waals surface area (Å²) in [5.41, 5.74) is 1.99. The van der Waals surface area contributed by atoms with Crippen LogP contribution in [-0.2, 0) is 10.0 Å². The second-order valence-electron chi connectivity index (χ2n) is 5.27. The topological polar surface area (TPSA) is 92.3 Å². The number of hydrogen-bond donors (Lipinski definition) is 2. The Balaban J connectivity index is 2.29. The Morgan fingerprint density at radius 1 is 1.00 bits per heavy atom. The molecule has 24 heavy (non-hydrogen) atoms. The van der Waals surface area contributed by atoms with Gasteiger partial charge in [0.25, 0.3) is 5.91 Å². The van der Waals surface area contributed by atoms with Crippen LogP contribution in [0.25, 0.3) is 0 Å². The lowest BCUT2D eigenvalue weighted by Gasteiger charge is -2.10. The first-order chi connectivity index (χ1) is 11.2. The molecule has 0 aliphatic carbocycles. The number of nitrogens with one attached hydrogen (secondary N) is 2. The largest absolute Gasteiger partial charge is 0.322 e. The minimum Gasteiger partial charge on any atom is -0.322 e. The number of sulfonamides is 1. The van der Waals surface area contributed by atoms with Crippen LogP contribution in [0.1, 0.15) is 33.2 Å². The van der Waals surface area contributed by atoms with Crippen molar-refractivity contribution in [2.75, 3.05) is 12.4 Å². The molecule has 0 unspecified atom stereocenters. The van der Waals surface area contributed by atoms with Crippen LogP contribution < -0.4 is 10.0 Å². The molecule has 0 radical (unpaired) electrons. The van der Waals surface area contributed by atoms with Gasteiger partial charge in [-0.15, -0.1) is 0 Å². The van der Waals surface area contributed by atoms with Crippen LogP contribution in [0.15, 0.2) is 47.4 Å². The standard InChI is InChI=1S/C17H18N2O4S/c1-11-4-9-15(24(22,23)18-3)10-16(11)17(21)19-14-7-5-13(6-8-14)12(2)20/h4-10,18H,1-3H3,(H,19,21). The van der Waals surface area contributed by atoms with Crippen molar-refractivity contribution in [2.24, 2.45) is 0 Å². The summed E-state index contributed by atoms with van der Waals surface area (Å²) in [6, 6.07) is 10.8. The first kappa shape index (κ1) is 17.8. The van der Waals surface area contributed by atoms with E-state index in [-0.39, 0.29) is 16.2 Å². The van der Waals surface area contributed by atoms with Crippen molar-refractivity contribution in [3.8, 4) is 0 Å². The minimum atomic E-state index is -3.63. The lowest BCUT2D eigenvalue weighted by molar-refractivity contribution is 0.101. The molecule has 0 heterocycles. The summed E-state index contributed by atoms with van der Waals surface area (Å²) < 4.78 is 26.0. The molecule has 6 nitrogen and oxygen atoms in total. The molecule has 0 aromatic heterocycles. The molecule has 2 aromatic carbocycles. The van der Waals surface area contributed by atoms with Gasteiger partial charge in [0.05, 0.1) is 4.90 Å². The van der Waals surface area contributed by atoms with Gasteiger partial charge in [-0.05, 0) is 62.9 Å². The highest BCUT2D eigenvalue weighted by molar-refractivity contribution is 7.89. The van der Waals surface area contributed by atoms with Crippen LogP contribution in [0, 0.1) is 6.92 Å². The molecule has 7 heteroatoms. The van der Waals surface area contributed by atoms with Gasteiger partial charge in [-0.2, -0.15) is 0 Å². The number of benzene rings is 2. The van der Waals surface area contributed by atoms with E-state index in [1.165, 1.54) is 26.1 Å². The van der Waals surface area contributed by atoms with Gasteiger partial charge in [0.1, 0.15) is 0 Å². The third-order valence-electron chi connectivity index (χ3n) is 3.58. The number of amides is 1. The predicted molar refractivity (Wildman–Crippen MR) is 91.8 cm³/mol. The van der Waals surface area contributed by atoms with Gasteiger partial charge in [0.15, 0.2) is 5.78 Å². The van der Waals surface area contributed by atoms with Crippen LogP contribution >= 0.6 is 0 Å². The Bertz CT molecular complexity index is 887. The summed E-state index contributed by atoms with van der Waals surface area (Å²) in [7, 11) is -2.32. The third kappa shape index (κ3) is 3.87. The SMILES string of the molecule is CNS(=O)(=O)c1ccc(C)c(C(=O)Nc2ccc(C(C)=O)cc2)c1. The summed E-state index contributed by atoms with van der Waals surface area (Å²) in [5, 5.41) is 2.70. The fourth-order valence-corrected chi connectivity index (χ4v) is 2.87. The molecular weight excluding hydrogens is 328 g/mol. The molecule has 2 rings (SSSR count). The molecule has 0 fully saturated rings. The number of carbonyl (C=O) groups excluding carboxylic acids is 2. The van der Waals surface area contributed by atoms with E-state index in [2.05, 4.69) is 10.0 Å². The maximum Gasteiger partial charge on any atom is 0.255 e. The van der Waals surface area contributed by atoms with Crippen molar-refractivity contribution >= 4 is 27.4 Å². The normalized spacial score (nSPS) is 11.1. The van der Waals surface area contributed by atoms with Crippen molar-refractivity contribution in [1.82, 2.24) is 4.72 Å². The molecule has 0 bridgehead atoms. The second kappa shape index (κ2) is 6.94. The number of aryl methyl sites for hydroxylation is 1. The van der Waals surface area contributed by atoms with E-state index in [0.29, 0.717) is 16.8 Å². The van der Waals surface area contributed by atoms with E-state index in [4.69, 9.17) is 0 Å². The molecule has 0 aliphatic heterocycles. The van der Waals surface area contributed by atoms with Gasteiger partial charge in [-0.25, -0.2) is 13.1 Å². The third-order valence-corrected chi connectivity index (χ3v) is 4.99. The van der Waals surface area contributed by atoms with Crippen LogP contribution in [0.2, 0.25) is 0 Å². The zero-order valence-corrected chi connectivity index (χ0v) is 14.4. The number of Topliss-reactive ketones (excluding diaryl/α,β-unsaturated/α-hetero) is 1. The van der Waals surface area contributed by atoms with Crippen LogP contribution in [-0.4, -0.2) is 27.2 Å². The zero-order chi connectivity index (χ0) is 17.9. The van der Waals surface area contributed by atoms with E-state index in [0.717, 1.165) is 0 Å². The lowest BCUT2D eigenvalue weighted by atomic mass is 10.1. The Morgan fingerprint density at radius 3 is 2.17 bits per heavy atom. The number of anilines is 1. The predicted octanol–water partition coefficient (Wildman–Crippen LogP) is 2.36. The molecular formula is C17H18N2O4S. The highest BCUT2D eigenvalue weighted by atomic mass is 32.2.